The lowest BCUT2D eigenvalue weighted by molar-refractivity contribution is -0.156. The molecular formula is C10H14O4. The third kappa shape index (κ3) is 0.919. The summed E-state index contributed by atoms with van der Waals surface area (Å²) in [6, 6.07) is 0. The molecule has 0 unspecified atom stereocenters. The Morgan fingerprint density at radius 1 is 1.50 bits per heavy atom. The maximum atomic E-state index is 11.8. The SMILES string of the molecule is CC[C@]1(O)CC[C@]2(C)C(=O)O[C@@H]1C2=O. The van der Waals surface area contributed by atoms with Gasteiger partial charge in [0.25, 0.3) is 0 Å². The minimum Gasteiger partial charge on any atom is -0.450 e. The van der Waals surface area contributed by atoms with Crippen molar-refractivity contribution in [2.24, 2.45) is 5.41 Å². The molecule has 78 valence electrons. The van der Waals surface area contributed by atoms with Crippen LogP contribution in [-0.2, 0) is 14.3 Å². The van der Waals surface area contributed by atoms with Gasteiger partial charge in [0.2, 0.25) is 0 Å². The zero-order valence-electron chi connectivity index (χ0n) is 8.37. The fraction of sp³-hybridized carbons (Fsp3) is 0.800. The molecule has 0 spiro atoms. The van der Waals surface area contributed by atoms with Crippen LogP contribution in [0.4, 0.5) is 0 Å². The molecule has 14 heavy (non-hydrogen) atoms. The summed E-state index contributed by atoms with van der Waals surface area (Å²) < 4.78 is 4.97. The zero-order chi connectivity index (χ0) is 10.6. The smallest absolute Gasteiger partial charge is 0.320 e. The summed E-state index contributed by atoms with van der Waals surface area (Å²) in [5.74, 6) is -0.727. The molecule has 4 heteroatoms. The molecule has 0 aromatic rings. The minimum absolute atomic E-state index is 0.252. The highest BCUT2D eigenvalue weighted by Gasteiger charge is 2.63. The fourth-order valence-corrected chi connectivity index (χ4v) is 2.22. The van der Waals surface area contributed by atoms with Crippen LogP contribution in [0.2, 0.25) is 0 Å². The molecule has 2 fully saturated rings. The molecular weight excluding hydrogens is 184 g/mol. The van der Waals surface area contributed by atoms with E-state index in [9.17, 15) is 14.7 Å². The van der Waals surface area contributed by atoms with Crippen molar-refractivity contribution in [1.82, 2.24) is 0 Å². The highest BCUT2D eigenvalue weighted by Crippen LogP contribution is 2.46. The summed E-state index contributed by atoms with van der Waals surface area (Å²) in [6.45, 7) is 3.40. The molecule has 1 heterocycles. The maximum Gasteiger partial charge on any atom is 0.320 e. The van der Waals surface area contributed by atoms with Gasteiger partial charge in [0.05, 0.1) is 0 Å². The van der Waals surface area contributed by atoms with Gasteiger partial charge in [0.15, 0.2) is 11.9 Å². The van der Waals surface area contributed by atoms with Crippen LogP contribution in [0.25, 0.3) is 0 Å². The van der Waals surface area contributed by atoms with Crippen LogP contribution in [-0.4, -0.2) is 28.6 Å². The normalized spacial score (nSPS) is 46.6. The second-order valence-electron chi connectivity index (χ2n) is 4.44. The van der Waals surface area contributed by atoms with Crippen LogP contribution in [0.15, 0.2) is 0 Å². The van der Waals surface area contributed by atoms with Gasteiger partial charge in [-0.15, -0.1) is 0 Å². The molecule has 3 atom stereocenters. The van der Waals surface area contributed by atoms with Gasteiger partial charge in [0.1, 0.15) is 11.0 Å². The van der Waals surface area contributed by atoms with Gasteiger partial charge < -0.3 is 9.84 Å². The van der Waals surface area contributed by atoms with Gasteiger partial charge >= 0.3 is 5.97 Å². The van der Waals surface area contributed by atoms with Crippen molar-refractivity contribution >= 4 is 11.8 Å². The van der Waals surface area contributed by atoms with E-state index in [1.165, 1.54) is 0 Å². The lowest BCUT2D eigenvalue weighted by atomic mass is 9.69. The van der Waals surface area contributed by atoms with Crippen molar-refractivity contribution in [2.75, 3.05) is 0 Å². The minimum atomic E-state index is -1.14. The van der Waals surface area contributed by atoms with Gasteiger partial charge in [0, 0.05) is 0 Å². The number of hydrogen-bond donors (Lipinski definition) is 1. The third-order valence-corrected chi connectivity index (χ3v) is 3.62. The molecule has 1 saturated carbocycles. The second kappa shape index (κ2) is 2.57. The molecule has 0 radical (unpaired) electrons. The van der Waals surface area contributed by atoms with Gasteiger partial charge in [-0.2, -0.15) is 0 Å². The molecule has 0 aromatic heterocycles. The van der Waals surface area contributed by atoms with Crippen molar-refractivity contribution in [3.63, 3.8) is 0 Å². The summed E-state index contributed by atoms with van der Waals surface area (Å²) in [5, 5.41) is 10.1. The van der Waals surface area contributed by atoms with Crippen molar-refractivity contribution < 1.29 is 19.4 Å². The van der Waals surface area contributed by atoms with E-state index in [2.05, 4.69) is 0 Å². The second-order valence-corrected chi connectivity index (χ2v) is 4.44. The van der Waals surface area contributed by atoms with E-state index in [4.69, 9.17) is 4.74 Å². The fourth-order valence-electron chi connectivity index (χ4n) is 2.22. The number of carbonyl (C=O) groups excluding carboxylic acids is 2. The Kier molecular flexibility index (Phi) is 1.77. The number of carbonyl (C=O) groups is 2. The number of Topliss-reactive ketones (excluding diaryl/α,β-unsaturated/α-hetero) is 1. The summed E-state index contributed by atoms with van der Waals surface area (Å²) >= 11 is 0. The first-order valence-electron chi connectivity index (χ1n) is 4.92. The van der Waals surface area contributed by atoms with E-state index in [1.807, 2.05) is 0 Å². The van der Waals surface area contributed by atoms with Gasteiger partial charge in [-0.3, -0.25) is 9.59 Å². The van der Waals surface area contributed by atoms with E-state index in [1.54, 1.807) is 13.8 Å². The highest BCUT2D eigenvalue weighted by atomic mass is 16.6. The number of ether oxygens (including phenoxy) is 1. The summed E-state index contributed by atoms with van der Waals surface area (Å²) in [4.78, 5) is 23.2. The first kappa shape index (κ1) is 9.65. The predicted molar refractivity (Wildman–Crippen MR) is 47.5 cm³/mol. The van der Waals surface area contributed by atoms with E-state index in [0.717, 1.165) is 0 Å². The first-order chi connectivity index (χ1) is 6.44. The Bertz CT molecular complexity index is 311. The van der Waals surface area contributed by atoms with Crippen LogP contribution < -0.4 is 0 Å². The van der Waals surface area contributed by atoms with E-state index in [-0.39, 0.29) is 5.78 Å². The Balaban J connectivity index is 2.41. The number of fused-ring (bicyclic) bond motifs is 2. The van der Waals surface area contributed by atoms with Crippen LogP contribution >= 0.6 is 0 Å². The van der Waals surface area contributed by atoms with Crippen molar-refractivity contribution in [3.05, 3.63) is 0 Å². The number of esters is 1. The Morgan fingerprint density at radius 3 is 2.71 bits per heavy atom. The van der Waals surface area contributed by atoms with Gasteiger partial charge in [-0.05, 0) is 26.2 Å². The van der Waals surface area contributed by atoms with Crippen LogP contribution in [0, 0.1) is 5.41 Å². The summed E-state index contributed by atoms with van der Waals surface area (Å²) in [5.41, 5.74) is -2.13. The van der Waals surface area contributed by atoms with Gasteiger partial charge in [-0.25, -0.2) is 0 Å². The van der Waals surface area contributed by atoms with Gasteiger partial charge in [-0.1, -0.05) is 6.92 Å². The van der Waals surface area contributed by atoms with E-state index < -0.39 is 23.1 Å². The average molecular weight is 198 g/mol. The predicted octanol–water partition coefficient (Wildman–Crippen LogP) is 0.422. The van der Waals surface area contributed by atoms with E-state index in [0.29, 0.717) is 19.3 Å². The number of ketones is 1. The molecule has 4 nitrogen and oxygen atoms in total. The first-order valence-corrected chi connectivity index (χ1v) is 4.92. The largest absolute Gasteiger partial charge is 0.450 e. The van der Waals surface area contributed by atoms with Crippen molar-refractivity contribution in [1.29, 1.82) is 0 Å². The molecule has 1 saturated heterocycles. The Hall–Kier alpha value is -0.900. The molecule has 1 aliphatic carbocycles. The molecule has 1 aliphatic heterocycles. The highest BCUT2D eigenvalue weighted by molar-refractivity contribution is 6.11. The molecule has 2 rings (SSSR count). The topological polar surface area (TPSA) is 63.6 Å². The van der Waals surface area contributed by atoms with Crippen molar-refractivity contribution in [3.8, 4) is 0 Å². The Labute approximate surface area is 82.2 Å². The van der Waals surface area contributed by atoms with Crippen LogP contribution in [0.3, 0.4) is 0 Å². The van der Waals surface area contributed by atoms with Crippen LogP contribution in [0.5, 0.6) is 0 Å². The molecule has 0 amide bonds. The van der Waals surface area contributed by atoms with Crippen molar-refractivity contribution in [2.45, 2.75) is 44.8 Å². The lowest BCUT2D eigenvalue weighted by Crippen LogP contribution is -2.52. The molecule has 1 N–H and O–H groups in total. The monoisotopic (exact) mass is 198 g/mol. The molecule has 2 bridgehead atoms. The quantitative estimate of drug-likeness (QED) is 0.490. The van der Waals surface area contributed by atoms with Crippen LogP contribution in [0.1, 0.15) is 33.1 Å². The zero-order valence-corrected chi connectivity index (χ0v) is 8.37. The van der Waals surface area contributed by atoms with E-state index >= 15 is 0 Å². The number of rotatable bonds is 1. The number of hydrogen-bond acceptors (Lipinski definition) is 4. The summed E-state index contributed by atoms with van der Waals surface area (Å²) in [7, 11) is 0. The average Bonchev–Trinajstić information content (AvgIpc) is 2.32. The lowest BCUT2D eigenvalue weighted by Gasteiger charge is -2.35. The maximum absolute atomic E-state index is 11.8. The standard InChI is InChI=1S/C10H14O4/c1-3-10(13)5-4-9(2)6(11)7(10)14-8(9)12/h7,13H,3-5H2,1-2H3/t7-,9+,10+/m1/s1. The number of aliphatic hydroxyl groups is 1. The Morgan fingerprint density at radius 2 is 2.14 bits per heavy atom. The third-order valence-electron chi connectivity index (χ3n) is 3.62. The summed E-state index contributed by atoms with van der Waals surface area (Å²) in [6.07, 6.45) is 0.360. The molecule has 2 aliphatic rings. The molecule has 0 aromatic carbocycles.